The number of benzene rings is 1. The SMILES string of the molecule is CC(C)(C)OC(=O)N1CCCCC1C(=O)NCCCOc1cccc2cccnc12. The van der Waals surface area contributed by atoms with Crippen molar-refractivity contribution >= 4 is 22.9 Å². The van der Waals surface area contributed by atoms with E-state index in [2.05, 4.69) is 10.3 Å². The average molecular weight is 414 g/mol. The molecule has 2 heterocycles. The Morgan fingerprint density at radius 1 is 1.20 bits per heavy atom. The van der Waals surface area contributed by atoms with Gasteiger partial charge in [-0.3, -0.25) is 14.7 Å². The minimum absolute atomic E-state index is 0.132. The monoisotopic (exact) mass is 413 g/mol. The van der Waals surface area contributed by atoms with Crippen LogP contribution in [-0.2, 0) is 9.53 Å². The van der Waals surface area contributed by atoms with Crippen molar-refractivity contribution in [1.82, 2.24) is 15.2 Å². The zero-order valence-electron chi connectivity index (χ0n) is 18.0. The molecule has 7 heteroatoms. The fourth-order valence-electron chi connectivity index (χ4n) is 3.52. The standard InChI is InChI=1S/C23H31N3O4/c1-23(2,3)30-22(28)26-15-5-4-11-18(26)21(27)25-14-8-16-29-19-12-6-9-17-10-7-13-24-20(17)19/h6-7,9-10,12-13,18H,4-5,8,11,14-16H2,1-3H3,(H,25,27). The molecule has 0 bridgehead atoms. The predicted molar refractivity (Wildman–Crippen MR) is 115 cm³/mol. The summed E-state index contributed by atoms with van der Waals surface area (Å²) in [5.74, 6) is 0.607. The maximum Gasteiger partial charge on any atom is 0.410 e. The molecule has 162 valence electrons. The number of piperidine rings is 1. The maximum absolute atomic E-state index is 12.7. The van der Waals surface area contributed by atoms with Crippen LogP contribution < -0.4 is 10.1 Å². The number of pyridine rings is 1. The van der Waals surface area contributed by atoms with Crippen molar-refractivity contribution in [1.29, 1.82) is 0 Å². The highest BCUT2D eigenvalue weighted by atomic mass is 16.6. The van der Waals surface area contributed by atoms with Gasteiger partial charge in [-0.2, -0.15) is 0 Å². The number of carbonyl (C=O) groups is 2. The Balaban J connectivity index is 1.47. The van der Waals surface area contributed by atoms with Gasteiger partial charge in [0.15, 0.2) is 0 Å². The molecule has 0 saturated carbocycles. The van der Waals surface area contributed by atoms with Crippen molar-refractivity contribution in [3.05, 3.63) is 36.5 Å². The Hall–Kier alpha value is -2.83. The highest BCUT2D eigenvalue weighted by Crippen LogP contribution is 2.23. The van der Waals surface area contributed by atoms with Gasteiger partial charge in [-0.05, 0) is 58.6 Å². The first-order valence-corrected chi connectivity index (χ1v) is 10.6. The molecule has 0 aliphatic carbocycles. The van der Waals surface area contributed by atoms with E-state index in [1.54, 1.807) is 11.1 Å². The summed E-state index contributed by atoms with van der Waals surface area (Å²) in [7, 11) is 0. The fourth-order valence-corrected chi connectivity index (χ4v) is 3.52. The number of hydrogen-bond donors (Lipinski definition) is 1. The van der Waals surface area contributed by atoms with Gasteiger partial charge in [-0.15, -0.1) is 0 Å². The first-order chi connectivity index (χ1) is 14.3. The normalized spacial score (nSPS) is 16.9. The van der Waals surface area contributed by atoms with Crippen LogP contribution in [0, 0.1) is 0 Å². The van der Waals surface area contributed by atoms with E-state index in [0.717, 1.165) is 29.5 Å². The highest BCUT2D eigenvalue weighted by molar-refractivity contribution is 5.86. The molecule has 2 amide bonds. The largest absolute Gasteiger partial charge is 0.491 e. The molecule has 1 aliphatic rings. The van der Waals surface area contributed by atoms with E-state index in [1.807, 2.05) is 51.1 Å². The topological polar surface area (TPSA) is 80.8 Å². The molecule has 0 radical (unpaired) electrons. The lowest BCUT2D eigenvalue weighted by atomic mass is 10.0. The molecule has 1 saturated heterocycles. The second-order valence-corrected chi connectivity index (χ2v) is 8.51. The van der Waals surface area contributed by atoms with Crippen LogP contribution in [0.2, 0.25) is 0 Å². The number of amides is 2. The molecule has 1 aromatic carbocycles. The number of ether oxygens (including phenoxy) is 2. The van der Waals surface area contributed by atoms with Gasteiger partial charge in [0.1, 0.15) is 22.9 Å². The molecular weight excluding hydrogens is 382 g/mol. The number of nitrogens with one attached hydrogen (secondary N) is 1. The lowest BCUT2D eigenvalue weighted by Gasteiger charge is -2.35. The molecule has 30 heavy (non-hydrogen) atoms. The molecule has 1 aromatic heterocycles. The lowest BCUT2D eigenvalue weighted by molar-refractivity contribution is -0.127. The van der Waals surface area contributed by atoms with Crippen LogP contribution in [0.1, 0.15) is 46.5 Å². The number of rotatable bonds is 6. The number of hydrogen-bond acceptors (Lipinski definition) is 5. The van der Waals surface area contributed by atoms with E-state index in [9.17, 15) is 9.59 Å². The molecular formula is C23H31N3O4. The number of likely N-dealkylation sites (tertiary alicyclic amines) is 1. The molecule has 1 unspecified atom stereocenters. The van der Waals surface area contributed by atoms with Crippen molar-refractivity contribution < 1.29 is 19.1 Å². The molecule has 1 atom stereocenters. The molecule has 1 N–H and O–H groups in total. The third-order valence-corrected chi connectivity index (χ3v) is 4.91. The number of carbonyl (C=O) groups excluding carboxylic acids is 2. The fraction of sp³-hybridized carbons (Fsp3) is 0.522. The van der Waals surface area contributed by atoms with Crippen LogP contribution in [0.15, 0.2) is 36.5 Å². The van der Waals surface area contributed by atoms with Crippen LogP contribution in [0.4, 0.5) is 4.79 Å². The van der Waals surface area contributed by atoms with Crippen molar-refractivity contribution in [2.75, 3.05) is 19.7 Å². The molecule has 7 nitrogen and oxygen atoms in total. The summed E-state index contributed by atoms with van der Waals surface area (Å²) in [5.41, 5.74) is 0.253. The summed E-state index contributed by atoms with van der Waals surface area (Å²) >= 11 is 0. The van der Waals surface area contributed by atoms with Gasteiger partial charge in [-0.25, -0.2) is 4.79 Å². The van der Waals surface area contributed by atoms with Crippen LogP contribution in [0.3, 0.4) is 0 Å². The van der Waals surface area contributed by atoms with Gasteiger partial charge in [0.2, 0.25) is 5.91 Å². The first kappa shape index (κ1) is 21.9. The van der Waals surface area contributed by atoms with E-state index in [1.165, 1.54) is 0 Å². The third kappa shape index (κ3) is 5.84. The maximum atomic E-state index is 12.7. The summed E-state index contributed by atoms with van der Waals surface area (Å²) in [6.45, 7) is 6.98. The van der Waals surface area contributed by atoms with Crippen molar-refractivity contribution in [3.8, 4) is 5.75 Å². The summed E-state index contributed by atoms with van der Waals surface area (Å²) < 4.78 is 11.3. The Labute approximate surface area is 177 Å². The number of fused-ring (bicyclic) bond motifs is 1. The third-order valence-electron chi connectivity index (χ3n) is 4.91. The molecule has 1 fully saturated rings. The van der Waals surface area contributed by atoms with Crippen LogP contribution in [0.5, 0.6) is 5.75 Å². The smallest absolute Gasteiger partial charge is 0.410 e. The Morgan fingerprint density at radius 3 is 2.80 bits per heavy atom. The van der Waals surface area contributed by atoms with Gasteiger partial charge >= 0.3 is 6.09 Å². The quantitative estimate of drug-likeness (QED) is 0.726. The van der Waals surface area contributed by atoms with Gasteiger partial charge in [0.25, 0.3) is 0 Å². The Kier molecular flexibility index (Phi) is 7.13. The number of para-hydroxylation sites is 1. The summed E-state index contributed by atoms with van der Waals surface area (Å²) in [6, 6.07) is 9.25. The predicted octanol–water partition coefficient (Wildman–Crippen LogP) is 3.91. The van der Waals surface area contributed by atoms with Crippen LogP contribution in [0.25, 0.3) is 10.9 Å². The minimum atomic E-state index is -0.580. The number of aromatic nitrogens is 1. The van der Waals surface area contributed by atoms with Gasteiger partial charge in [0.05, 0.1) is 6.61 Å². The van der Waals surface area contributed by atoms with Crippen LogP contribution in [-0.4, -0.2) is 53.2 Å². The number of nitrogens with zero attached hydrogens (tertiary/aromatic N) is 2. The van der Waals surface area contributed by atoms with Crippen molar-refractivity contribution in [2.24, 2.45) is 0 Å². The van der Waals surface area contributed by atoms with E-state index < -0.39 is 17.7 Å². The van der Waals surface area contributed by atoms with Gasteiger partial charge in [0, 0.05) is 24.7 Å². The van der Waals surface area contributed by atoms with Crippen LogP contribution >= 0.6 is 0 Å². The summed E-state index contributed by atoms with van der Waals surface area (Å²) in [6.07, 6.45) is 4.45. The zero-order chi connectivity index (χ0) is 21.6. The zero-order valence-corrected chi connectivity index (χ0v) is 18.0. The summed E-state index contributed by atoms with van der Waals surface area (Å²) in [4.78, 5) is 31.1. The van der Waals surface area contributed by atoms with E-state index in [-0.39, 0.29) is 5.91 Å². The summed E-state index contributed by atoms with van der Waals surface area (Å²) in [5, 5.41) is 3.97. The molecule has 2 aromatic rings. The Morgan fingerprint density at radius 2 is 2.00 bits per heavy atom. The molecule has 3 rings (SSSR count). The Bertz CT molecular complexity index is 873. The van der Waals surface area contributed by atoms with Gasteiger partial charge in [-0.1, -0.05) is 18.2 Å². The second-order valence-electron chi connectivity index (χ2n) is 8.51. The highest BCUT2D eigenvalue weighted by Gasteiger charge is 2.34. The second kappa shape index (κ2) is 9.78. The average Bonchev–Trinajstić information content (AvgIpc) is 2.72. The first-order valence-electron chi connectivity index (χ1n) is 10.6. The van der Waals surface area contributed by atoms with Crippen molar-refractivity contribution in [3.63, 3.8) is 0 Å². The minimum Gasteiger partial charge on any atom is -0.491 e. The van der Waals surface area contributed by atoms with Gasteiger partial charge < -0.3 is 14.8 Å². The lowest BCUT2D eigenvalue weighted by Crippen LogP contribution is -2.53. The molecule has 0 spiro atoms. The van der Waals surface area contributed by atoms with Crippen molar-refractivity contribution in [2.45, 2.75) is 58.1 Å². The van der Waals surface area contributed by atoms with E-state index >= 15 is 0 Å². The van der Waals surface area contributed by atoms with E-state index in [0.29, 0.717) is 32.5 Å². The van der Waals surface area contributed by atoms with E-state index in [4.69, 9.17) is 9.47 Å². The molecule has 1 aliphatic heterocycles.